The van der Waals surface area contributed by atoms with E-state index in [-0.39, 0.29) is 0 Å². The Kier molecular flexibility index (Phi) is 1.16. The zero-order valence-corrected chi connectivity index (χ0v) is 7.92. The highest BCUT2D eigenvalue weighted by Crippen LogP contribution is 2.58. The first-order chi connectivity index (χ1) is 5.71. The summed E-state index contributed by atoms with van der Waals surface area (Å²) in [4.78, 5) is 0. The third-order valence-corrected chi connectivity index (χ3v) is 4.23. The molecule has 2 saturated heterocycles. The van der Waals surface area contributed by atoms with Crippen LogP contribution in [0.4, 0.5) is 0 Å². The van der Waals surface area contributed by atoms with Crippen LogP contribution in [-0.2, 0) is 0 Å². The molecule has 0 aromatic rings. The molecule has 1 aliphatic carbocycles. The van der Waals surface area contributed by atoms with Crippen LogP contribution in [0.15, 0.2) is 12.2 Å². The average molecular weight is 164 g/mol. The fourth-order valence-corrected chi connectivity index (χ4v) is 3.71. The van der Waals surface area contributed by atoms with Crippen molar-refractivity contribution in [1.29, 1.82) is 0 Å². The Hall–Kier alpha value is -0.300. The summed E-state index contributed by atoms with van der Waals surface area (Å²) in [7, 11) is 0. The fraction of sp³-hybridized carbons (Fsp3) is 0.818. The third-order valence-electron chi connectivity index (χ3n) is 4.23. The Morgan fingerprint density at radius 2 is 2.42 bits per heavy atom. The molecule has 0 aromatic heterocycles. The van der Waals surface area contributed by atoms with Gasteiger partial charge in [0, 0.05) is 18.3 Å². The number of hydrogen-bond acceptors (Lipinski definition) is 0. The molecule has 4 atom stereocenters. The zero-order chi connectivity index (χ0) is 8.34. The van der Waals surface area contributed by atoms with Crippen LogP contribution in [0.25, 0.3) is 0 Å². The summed E-state index contributed by atoms with van der Waals surface area (Å²) >= 11 is 0. The lowest BCUT2D eigenvalue weighted by atomic mass is 9.95. The molecule has 66 valence electrons. The van der Waals surface area contributed by atoms with Gasteiger partial charge in [-0.1, -0.05) is 6.58 Å². The van der Waals surface area contributed by atoms with Crippen LogP contribution in [0.2, 0.25) is 0 Å². The maximum absolute atomic E-state index is 4.06. The molecule has 2 unspecified atom stereocenters. The van der Waals surface area contributed by atoms with E-state index < -0.39 is 0 Å². The highest BCUT2D eigenvalue weighted by molar-refractivity contribution is 5.04. The molecule has 0 radical (unpaired) electrons. The van der Waals surface area contributed by atoms with Crippen LogP contribution >= 0.6 is 0 Å². The number of nitrogens with zero attached hydrogens (tertiary/aromatic N) is 1. The lowest BCUT2D eigenvalue weighted by Crippen LogP contribution is -2.64. The number of fused-ring (bicyclic) bond motifs is 3. The van der Waals surface area contributed by atoms with E-state index >= 15 is 0 Å². The molecule has 0 N–H and O–H groups in total. The van der Waals surface area contributed by atoms with E-state index in [1.807, 2.05) is 0 Å². The molecule has 3 aliphatic rings. The molecule has 0 amide bonds. The molecule has 1 saturated carbocycles. The second-order valence-corrected chi connectivity index (χ2v) is 5.26. The van der Waals surface area contributed by atoms with Crippen molar-refractivity contribution in [3.63, 3.8) is 0 Å². The summed E-state index contributed by atoms with van der Waals surface area (Å²) in [5, 5.41) is 0. The largest absolute Gasteiger partial charge is 0.317 e. The van der Waals surface area contributed by atoms with E-state index in [0.29, 0.717) is 0 Å². The van der Waals surface area contributed by atoms with Crippen LogP contribution in [0.1, 0.15) is 19.8 Å². The quantitative estimate of drug-likeness (QED) is 0.431. The van der Waals surface area contributed by atoms with Crippen molar-refractivity contribution in [1.82, 2.24) is 0 Å². The van der Waals surface area contributed by atoms with E-state index in [1.165, 1.54) is 36.1 Å². The summed E-state index contributed by atoms with van der Waals surface area (Å²) in [5.74, 6) is 2.26. The summed E-state index contributed by atoms with van der Waals surface area (Å²) in [6.07, 6.45) is 3.06. The van der Waals surface area contributed by atoms with Gasteiger partial charge in [0.15, 0.2) is 0 Å². The maximum atomic E-state index is 4.06. The minimum atomic E-state index is 1.06. The smallest absolute Gasteiger partial charge is 0.1000 e. The van der Waals surface area contributed by atoms with Crippen LogP contribution in [0, 0.1) is 11.8 Å². The van der Waals surface area contributed by atoms with Crippen molar-refractivity contribution in [2.75, 3.05) is 19.6 Å². The molecule has 0 spiro atoms. The lowest BCUT2D eigenvalue weighted by molar-refractivity contribution is -0.978. The van der Waals surface area contributed by atoms with E-state index in [9.17, 15) is 0 Å². The monoisotopic (exact) mass is 164 g/mol. The van der Waals surface area contributed by atoms with E-state index in [0.717, 1.165) is 17.9 Å². The van der Waals surface area contributed by atoms with Crippen LogP contribution in [0.5, 0.6) is 0 Å². The van der Waals surface area contributed by atoms with Gasteiger partial charge in [0.2, 0.25) is 0 Å². The maximum Gasteiger partial charge on any atom is 0.1000 e. The Balaban J connectivity index is 1.79. The van der Waals surface area contributed by atoms with Crippen LogP contribution in [0.3, 0.4) is 0 Å². The SMILES string of the molecule is C=C(C)C[N+]12CC[C@@H]1C1C[C@@H]1C2. The fourth-order valence-electron chi connectivity index (χ4n) is 3.71. The molecule has 3 fully saturated rings. The first kappa shape index (κ1) is 7.14. The Labute approximate surface area is 74.7 Å². The second kappa shape index (κ2) is 1.95. The topological polar surface area (TPSA) is 0 Å². The van der Waals surface area contributed by atoms with Gasteiger partial charge in [0.1, 0.15) is 0 Å². The van der Waals surface area contributed by atoms with E-state index in [1.54, 1.807) is 6.42 Å². The first-order valence-electron chi connectivity index (χ1n) is 5.21. The standard InChI is InChI=1S/C11H18N/c1-8(2)6-12-4-3-11(12)10-5-9(10)7-12/h9-11H,1,3-7H2,2H3/q+1/t9-,10?,11-,12?/m1/s1. The van der Waals surface area contributed by atoms with Crippen molar-refractivity contribution in [3.8, 4) is 0 Å². The predicted octanol–water partition coefficient (Wildman–Crippen LogP) is 1.80. The molecule has 1 nitrogen and oxygen atoms in total. The highest BCUT2D eigenvalue weighted by Gasteiger charge is 2.66. The minimum Gasteiger partial charge on any atom is -0.317 e. The first-order valence-corrected chi connectivity index (χ1v) is 5.21. The van der Waals surface area contributed by atoms with E-state index in [4.69, 9.17) is 0 Å². The Morgan fingerprint density at radius 1 is 1.58 bits per heavy atom. The second-order valence-electron chi connectivity index (χ2n) is 5.26. The Morgan fingerprint density at radius 3 is 2.92 bits per heavy atom. The van der Waals surface area contributed by atoms with Crippen molar-refractivity contribution in [2.45, 2.75) is 25.8 Å². The van der Waals surface area contributed by atoms with Crippen molar-refractivity contribution in [3.05, 3.63) is 12.2 Å². The van der Waals surface area contributed by atoms with Crippen molar-refractivity contribution < 1.29 is 4.48 Å². The van der Waals surface area contributed by atoms with Gasteiger partial charge < -0.3 is 4.48 Å². The molecule has 1 heteroatoms. The number of quaternary nitrogens is 1. The molecule has 0 aromatic carbocycles. The van der Waals surface area contributed by atoms with Gasteiger partial charge in [0.05, 0.1) is 25.7 Å². The Bertz CT molecular complexity index is 245. The van der Waals surface area contributed by atoms with Crippen LogP contribution in [-0.4, -0.2) is 30.2 Å². The number of hydrogen-bond donors (Lipinski definition) is 0. The lowest BCUT2D eigenvalue weighted by Gasteiger charge is -2.50. The van der Waals surface area contributed by atoms with Crippen molar-refractivity contribution >= 4 is 0 Å². The van der Waals surface area contributed by atoms with Gasteiger partial charge in [-0.3, -0.25) is 0 Å². The van der Waals surface area contributed by atoms with Gasteiger partial charge in [-0.15, -0.1) is 0 Å². The summed E-state index contributed by atoms with van der Waals surface area (Å²) < 4.78 is 1.44. The van der Waals surface area contributed by atoms with E-state index in [2.05, 4.69) is 13.5 Å². The number of piperidine rings is 1. The summed E-state index contributed by atoms with van der Waals surface area (Å²) in [5.41, 5.74) is 1.39. The minimum absolute atomic E-state index is 1.06. The van der Waals surface area contributed by atoms with Gasteiger partial charge in [-0.05, 0) is 18.9 Å². The normalized spacial score (nSPS) is 53.9. The summed E-state index contributed by atoms with van der Waals surface area (Å²) in [6, 6.07) is 1.06. The highest BCUT2D eigenvalue weighted by atomic mass is 15.5. The van der Waals surface area contributed by atoms with Crippen molar-refractivity contribution in [2.24, 2.45) is 11.8 Å². The molecule has 2 aliphatic heterocycles. The van der Waals surface area contributed by atoms with Gasteiger partial charge in [-0.2, -0.15) is 0 Å². The molecular weight excluding hydrogens is 146 g/mol. The third kappa shape index (κ3) is 0.731. The molecule has 0 bridgehead atoms. The van der Waals surface area contributed by atoms with Gasteiger partial charge in [0.25, 0.3) is 0 Å². The molecular formula is C11H18N+. The summed E-state index contributed by atoms with van der Waals surface area (Å²) in [6.45, 7) is 10.5. The number of rotatable bonds is 2. The van der Waals surface area contributed by atoms with Gasteiger partial charge in [-0.25, -0.2) is 0 Å². The molecule has 2 heterocycles. The van der Waals surface area contributed by atoms with Crippen LogP contribution < -0.4 is 0 Å². The molecule has 12 heavy (non-hydrogen) atoms. The molecule has 3 rings (SSSR count). The average Bonchev–Trinajstić information content (AvgIpc) is 2.59. The van der Waals surface area contributed by atoms with Gasteiger partial charge >= 0.3 is 0 Å². The zero-order valence-electron chi connectivity index (χ0n) is 7.92. The predicted molar refractivity (Wildman–Crippen MR) is 49.7 cm³/mol.